The summed E-state index contributed by atoms with van der Waals surface area (Å²) in [4.78, 5) is 29.3. The number of carboxylic acids is 1. The predicted molar refractivity (Wildman–Crippen MR) is 202 cm³/mol. The number of fused-ring (bicyclic) bond motifs is 5. The van der Waals surface area contributed by atoms with Gasteiger partial charge in [-0.3, -0.25) is 9.69 Å². The number of hydrogen-bond acceptors (Lipinski definition) is 8. The molecule has 4 heterocycles. The monoisotopic (exact) mass is 710 g/mol. The van der Waals surface area contributed by atoms with Crippen LogP contribution in [0.2, 0.25) is 0 Å². The second kappa shape index (κ2) is 16.0. The number of amides is 1. The maximum absolute atomic E-state index is 12.9. The molecule has 0 unspecified atom stereocenters. The third-order valence-corrected chi connectivity index (χ3v) is 10.7. The molecule has 1 aromatic heterocycles. The fraction of sp³-hybridized carbons (Fsp3) is 0.463. The largest absolute Gasteiger partial charge is 0.491 e. The van der Waals surface area contributed by atoms with Gasteiger partial charge in [-0.1, -0.05) is 32.8 Å². The van der Waals surface area contributed by atoms with Crippen LogP contribution < -0.4 is 19.7 Å². The normalized spacial score (nSPS) is 18.0. The van der Waals surface area contributed by atoms with Crippen LogP contribution in [-0.4, -0.2) is 92.2 Å². The van der Waals surface area contributed by atoms with E-state index in [0.29, 0.717) is 70.0 Å². The number of anilines is 2. The molecule has 52 heavy (non-hydrogen) atoms. The average Bonchev–Trinajstić information content (AvgIpc) is 3.36. The summed E-state index contributed by atoms with van der Waals surface area (Å²) in [6.45, 7) is 7.43. The van der Waals surface area contributed by atoms with E-state index in [1.807, 2.05) is 36.4 Å². The molecule has 276 valence electrons. The first kappa shape index (κ1) is 35.8. The van der Waals surface area contributed by atoms with Crippen LogP contribution in [0.15, 0.2) is 54.6 Å². The second-order valence-electron chi connectivity index (χ2n) is 14.0. The molecule has 3 aliphatic heterocycles. The Balaban J connectivity index is 0.00000420. The molecule has 0 bridgehead atoms. The van der Waals surface area contributed by atoms with E-state index >= 15 is 0 Å². The van der Waals surface area contributed by atoms with Gasteiger partial charge in [0.1, 0.15) is 24.7 Å². The van der Waals surface area contributed by atoms with Crippen LogP contribution in [0.25, 0.3) is 22.2 Å². The number of aromatic carboxylic acids is 1. The van der Waals surface area contributed by atoms with E-state index in [1.54, 1.807) is 6.07 Å². The van der Waals surface area contributed by atoms with E-state index in [1.165, 1.54) is 24.8 Å². The van der Waals surface area contributed by atoms with Crippen molar-refractivity contribution < 1.29 is 33.6 Å². The standard InChI is InChI=1S/C40H46N4O7.CH4/c45-37(25-42-12-17-48-18-13-42)41-30-7-11-34(43-14-19-49-20-15-43)29(22-30)26-51-31-8-10-33-36(24-31)50-21-16-44-35-23-28(40(46)47)6-9-32(35)38(39(33)44)27-4-2-1-3-5-27;/h6-11,22-24,27H,1-5,12-21,25-26H2,(H,41,45)(H,46,47);1H4. The highest BCUT2D eigenvalue weighted by atomic mass is 16.5. The molecule has 1 aliphatic carbocycles. The number of carbonyl (C=O) groups is 2. The summed E-state index contributed by atoms with van der Waals surface area (Å²) in [5, 5.41) is 14.0. The molecular formula is C41H50N4O7. The first-order valence-electron chi connectivity index (χ1n) is 18.4. The topological polar surface area (TPSA) is 115 Å². The van der Waals surface area contributed by atoms with Crippen LogP contribution in [0.4, 0.5) is 11.4 Å². The highest BCUT2D eigenvalue weighted by Crippen LogP contribution is 2.48. The summed E-state index contributed by atoms with van der Waals surface area (Å²) >= 11 is 0. The van der Waals surface area contributed by atoms with Crippen molar-refractivity contribution in [3.63, 3.8) is 0 Å². The maximum atomic E-state index is 12.9. The number of rotatable bonds is 9. The Morgan fingerprint density at radius 2 is 1.62 bits per heavy atom. The van der Waals surface area contributed by atoms with Gasteiger partial charge in [-0.05, 0) is 66.8 Å². The summed E-state index contributed by atoms with van der Waals surface area (Å²) < 4.78 is 26.2. The fourth-order valence-electron chi connectivity index (χ4n) is 8.21. The van der Waals surface area contributed by atoms with E-state index in [9.17, 15) is 14.7 Å². The van der Waals surface area contributed by atoms with E-state index in [-0.39, 0.29) is 13.3 Å². The lowest BCUT2D eigenvalue weighted by molar-refractivity contribution is -0.118. The maximum Gasteiger partial charge on any atom is 0.335 e. The SMILES string of the molecule is C.O=C(CN1CCOCC1)Nc1ccc(N2CCOCC2)c(COc2ccc3c(c2)OCCn2c-3c(C3CCCCC3)c3ccc(C(=O)O)cc32)c1. The van der Waals surface area contributed by atoms with Crippen molar-refractivity contribution >= 4 is 34.2 Å². The third kappa shape index (κ3) is 7.49. The van der Waals surface area contributed by atoms with Crippen LogP contribution in [0.3, 0.4) is 0 Å². The molecule has 0 spiro atoms. The molecule has 1 saturated carbocycles. The van der Waals surface area contributed by atoms with Crippen LogP contribution in [0, 0.1) is 0 Å². The minimum absolute atomic E-state index is 0. The lowest BCUT2D eigenvalue weighted by Gasteiger charge is -2.31. The zero-order chi connectivity index (χ0) is 34.7. The highest BCUT2D eigenvalue weighted by molar-refractivity contribution is 5.99. The summed E-state index contributed by atoms with van der Waals surface area (Å²) in [5.74, 6) is 0.907. The van der Waals surface area contributed by atoms with Gasteiger partial charge in [-0.2, -0.15) is 0 Å². The van der Waals surface area contributed by atoms with Gasteiger partial charge in [0.25, 0.3) is 0 Å². The quantitative estimate of drug-likeness (QED) is 0.194. The van der Waals surface area contributed by atoms with Crippen LogP contribution >= 0.6 is 0 Å². The van der Waals surface area contributed by atoms with Crippen LogP contribution in [0.1, 0.15) is 66.9 Å². The Hall–Kier alpha value is -4.58. The summed E-state index contributed by atoms with van der Waals surface area (Å²) in [6, 6.07) is 17.7. The van der Waals surface area contributed by atoms with Crippen LogP contribution in [-0.2, 0) is 27.4 Å². The zero-order valence-electron chi connectivity index (χ0n) is 29.0. The second-order valence-corrected chi connectivity index (χ2v) is 14.0. The van der Waals surface area contributed by atoms with Crippen molar-refractivity contribution in [2.75, 3.05) is 76.0 Å². The number of aromatic nitrogens is 1. The van der Waals surface area contributed by atoms with Crippen molar-refractivity contribution in [2.45, 2.75) is 58.6 Å². The number of hydrogen-bond donors (Lipinski definition) is 2. The van der Waals surface area contributed by atoms with Crippen molar-refractivity contribution in [3.8, 4) is 22.8 Å². The summed E-state index contributed by atoms with van der Waals surface area (Å²) in [6.07, 6.45) is 5.91. The van der Waals surface area contributed by atoms with Gasteiger partial charge < -0.3 is 38.8 Å². The molecule has 3 aromatic carbocycles. The Morgan fingerprint density at radius 1 is 0.846 bits per heavy atom. The van der Waals surface area contributed by atoms with Gasteiger partial charge in [-0.25, -0.2) is 4.79 Å². The lowest BCUT2D eigenvalue weighted by atomic mass is 9.81. The van der Waals surface area contributed by atoms with Gasteiger partial charge >= 0.3 is 5.97 Å². The molecule has 3 fully saturated rings. The van der Waals surface area contributed by atoms with Crippen molar-refractivity contribution in [2.24, 2.45) is 0 Å². The van der Waals surface area contributed by atoms with Gasteiger partial charge in [0.15, 0.2) is 0 Å². The number of benzene rings is 3. The molecule has 4 aromatic rings. The minimum Gasteiger partial charge on any atom is -0.491 e. The van der Waals surface area contributed by atoms with Crippen molar-refractivity contribution in [3.05, 3.63) is 71.3 Å². The average molecular weight is 711 g/mol. The Labute approximate surface area is 305 Å². The van der Waals surface area contributed by atoms with E-state index < -0.39 is 5.97 Å². The smallest absolute Gasteiger partial charge is 0.335 e. The van der Waals surface area contributed by atoms with Crippen molar-refractivity contribution in [1.29, 1.82) is 0 Å². The number of nitrogens with one attached hydrogen (secondary N) is 1. The predicted octanol–water partition coefficient (Wildman–Crippen LogP) is 6.77. The number of carbonyl (C=O) groups excluding carboxylic acids is 1. The third-order valence-electron chi connectivity index (χ3n) is 10.7. The number of ether oxygens (including phenoxy) is 4. The highest BCUT2D eigenvalue weighted by Gasteiger charge is 2.30. The number of carboxylic acid groups (broad SMARTS) is 1. The zero-order valence-corrected chi connectivity index (χ0v) is 29.0. The minimum atomic E-state index is -0.920. The molecule has 1 amide bonds. The van der Waals surface area contributed by atoms with Gasteiger partial charge in [-0.15, -0.1) is 0 Å². The summed E-state index contributed by atoms with van der Waals surface area (Å²) in [5.41, 5.74) is 7.48. The van der Waals surface area contributed by atoms with Gasteiger partial charge in [0, 0.05) is 65.6 Å². The molecule has 0 atom stereocenters. The first-order valence-corrected chi connectivity index (χ1v) is 18.4. The molecule has 2 N–H and O–H groups in total. The molecular weight excluding hydrogens is 660 g/mol. The molecule has 11 nitrogen and oxygen atoms in total. The molecule has 2 saturated heterocycles. The molecule has 0 radical (unpaired) electrons. The van der Waals surface area contributed by atoms with Gasteiger partial charge in [0.05, 0.1) is 50.8 Å². The number of nitrogens with zero attached hydrogens (tertiary/aromatic N) is 3. The van der Waals surface area contributed by atoms with Crippen molar-refractivity contribution in [1.82, 2.24) is 9.47 Å². The Bertz CT molecular complexity index is 1900. The Morgan fingerprint density at radius 3 is 2.38 bits per heavy atom. The number of morpholine rings is 2. The molecule has 4 aliphatic rings. The lowest BCUT2D eigenvalue weighted by Crippen LogP contribution is -2.41. The fourth-order valence-corrected chi connectivity index (χ4v) is 8.21. The molecule has 11 heteroatoms. The van der Waals surface area contributed by atoms with E-state index in [4.69, 9.17) is 18.9 Å². The van der Waals surface area contributed by atoms with E-state index in [2.05, 4.69) is 31.8 Å². The molecule has 8 rings (SSSR count). The van der Waals surface area contributed by atoms with E-state index in [0.717, 1.165) is 83.9 Å². The summed E-state index contributed by atoms with van der Waals surface area (Å²) in [7, 11) is 0. The van der Waals surface area contributed by atoms with Gasteiger partial charge in [0.2, 0.25) is 5.91 Å². The Kier molecular flexibility index (Phi) is 11.0. The van der Waals surface area contributed by atoms with Crippen LogP contribution in [0.5, 0.6) is 11.5 Å². The first-order chi connectivity index (χ1) is 25.0.